The predicted octanol–water partition coefficient (Wildman–Crippen LogP) is 5.25. The van der Waals surface area contributed by atoms with Gasteiger partial charge in [-0.15, -0.1) is 148 Å². The van der Waals surface area contributed by atoms with Crippen molar-refractivity contribution in [3.63, 3.8) is 0 Å². The van der Waals surface area contributed by atoms with Crippen molar-refractivity contribution in [2.24, 2.45) is 5.92 Å². The third-order valence-corrected chi connectivity index (χ3v) is 28.0. The Balaban J connectivity index is 0.000000244. The van der Waals surface area contributed by atoms with E-state index in [1.165, 1.54) is 200 Å². The van der Waals surface area contributed by atoms with E-state index in [0.29, 0.717) is 47.7 Å². The van der Waals surface area contributed by atoms with Crippen molar-refractivity contribution in [3.8, 4) is 0 Å². The number of ketones is 10. The molecular formula is C83H102N28O20S10. The molecule has 6 aromatic heterocycles. The van der Waals surface area contributed by atoms with Crippen LogP contribution in [0.3, 0.4) is 0 Å². The van der Waals surface area contributed by atoms with Gasteiger partial charge in [0.1, 0.15) is 34.6 Å². The SMILES string of the molecule is CCC(=O)NCC1CNC(=O)C=CSCSC=CC(=O)NC1.CCC(=O)NCC1NC(=O)C=CSCSC=CC(=O)N1.CCC(=O)c1nnn(CCn2nnc3c2C(=O)C=CSCSC=CC3=O)c1C(=O)CC.CCC(=O)c1nnn(CCn2nnc3c2C(=O)CSCSCC3=O)c1C(=O)CC.CCC(=O)c1nnn(CCn2nnc3c2C(=O)NNC(=O)C=CSCSC=CC(=O)NNC3=O)c1C(=O)CC. The van der Waals surface area contributed by atoms with Gasteiger partial charge >= 0.3 is 0 Å². The van der Waals surface area contributed by atoms with Crippen LogP contribution < -0.4 is 53.6 Å². The van der Waals surface area contributed by atoms with Gasteiger partial charge in [-0.05, 0) is 55.4 Å². The minimum atomic E-state index is -0.953. The van der Waals surface area contributed by atoms with Crippen LogP contribution in [0.1, 0.15) is 233 Å². The number of hydrazine groups is 2. The van der Waals surface area contributed by atoms with Crippen molar-refractivity contribution in [1.29, 1.82) is 0 Å². The fourth-order valence-corrected chi connectivity index (χ4v) is 18.9. The van der Waals surface area contributed by atoms with E-state index in [-0.39, 0.29) is 246 Å². The Kier molecular flexibility index (Phi) is 51.5. The molecule has 6 aromatic rings. The average Bonchev–Trinajstić information content (AvgIpc) is 1.68. The molecule has 0 saturated carbocycles. The topological polar surface area (TPSA) is 646 Å². The highest BCUT2D eigenvalue weighted by molar-refractivity contribution is 8.19. The zero-order valence-corrected chi connectivity index (χ0v) is 85.5. The molecule has 0 saturated heterocycles. The highest BCUT2D eigenvalue weighted by Crippen LogP contribution is 2.25. The van der Waals surface area contributed by atoms with Gasteiger partial charge in [0.15, 0.2) is 86.1 Å². The van der Waals surface area contributed by atoms with E-state index >= 15 is 0 Å². The summed E-state index contributed by atoms with van der Waals surface area (Å²) in [6, 6.07) is 0. The van der Waals surface area contributed by atoms with E-state index in [1.807, 2.05) is 0 Å². The smallest absolute Gasteiger partial charge is 0.292 e. The summed E-state index contributed by atoms with van der Waals surface area (Å²) in [5, 5.41) is 79.5. The molecule has 48 nitrogen and oxygen atoms in total. The van der Waals surface area contributed by atoms with Gasteiger partial charge in [-0.1, -0.05) is 86.7 Å². The Labute approximate surface area is 849 Å². The number of thioether (sulfide) groups is 10. The molecule has 0 aromatic carbocycles. The Hall–Kier alpha value is -12.3. The second kappa shape index (κ2) is 62.7. The molecule has 141 heavy (non-hydrogen) atoms. The summed E-state index contributed by atoms with van der Waals surface area (Å²) in [6.45, 7) is 15.2. The van der Waals surface area contributed by atoms with Crippen LogP contribution in [0.4, 0.5) is 0 Å². The van der Waals surface area contributed by atoms with Gasteiger partial charge in [-0.2, -0.15) is 0 Å². The van der Waals surface area contributed by atoms with Gasteiger partial charge in [0.25, 0.3) is 23.6 Å². The largest absolute Gasteiger partial charge is 0.356 e. The molecule has 0 fully saturated rings. The number of allylic oxidation sites excluding steroid dienone is 2. The Morgan fingerprint density at radius 3 is 1.05 bits per heavy atom. The fraction of sp³-hybridized carbons (Fsp3) is 0.422. The number of aromatic nitrogens is 18. The number of aryl methyl sites for hydroxylation is 6. The molecule has 0 spiro atoms. The van der Waals surface area contributed by atoms with Crippen molar-refractivity contribution in [2.45, 2.75) is 152 Å². The first-order chi connectivity index (χ1) is 67.9. The molecule has 0 bridgehead atoms. The molecule has 5 aliphatic heterocycles. The summed E-state index contributed by atoms with van der Waals surface area (Å²) in [5.41, 5.74) is 8.53. The molecule has 11 heterocycles. The van der Waals surface area contributed by atoms with Crippen molar-refractivity contribution < 1.29 is 95.9 Å². The molecular weight excluding hydrogens is 2030 g/mol. The molecule has 11 rings (SSSR count). The lowest BCUT2D eigenvalue weighted by atomic mass is 10.1. The van der Waals surface area contributed by atoms with Gasteiger partial charge in [0.05, 0.1) is 57.3 Å². The summed E-state index contributed by atoms with van der Waals surface area (Å²) in [6.07, 6.45) is 12.0. The summed E-state index contributed by atoms with van der Waals surface area (Å²) in [7, 11) is 0. The van der Waals surface area contributed by atoms with Crippen molar-refractivity contribution in [3.05, 3.63) is 160 Å². The van der Waals surface area contributed by atoms with Gasteiger partial charge in [-0.3, -0.25) is 118 Å². The van der Waals surface area contributed by atoms with Gasteiger partial charge in [-0.25, -0.2) is 28.1 Å². The Morgan fingerprint density at radius 2 is 0.645 bits per heavy atom. The summed E-state index contributed by atoms with van der Waals surface area (Å²) < 4.78 is 7.64. The molecule has 0 atom stereocenters. The molecule has 0 aliphatic carbocycles. The number of hydrogen-bond acceptors (Lipinski definition) is 42. The molecule has 0 radical (unpaired) electrons. The van der Waals surface area contributed by atoms with Crippen LogP contribution in [-0.4, -0.2) is 276 Å². The van der Waals surface area contributed by atoms with E-state index in [9.17, 15) is 95.9 Å². The van der Waals surface area contributed by atoms with E-state index in [4.69, 9.17) is 0 Å². The zero-order valence-electron chi connectivity index (χ0n) is 77.4. The van der Waals surface area contributed by atoms with E-state index in [2.05, 4.69) is 115 Å². The molecule has 5 aliphatic rings. The number of carbonyl (C=O) groups excluding carboxylic acids is 20. The Bertz CT molecular complexity index is 5750. The summed E-state index contributed by atoms with van der Waals surface area (Å²) >= 11 is 14.2. The van der Waals surface area contributed by atoms with Crippen LogP contribution in [-0.2, 0) is 77.6 Å². The number of Topliss-reactive ketones (excluding diaryl/α,β-unsaturated/α-hetero) is 8. The number of carbonyl (C=O) groups is 20. The molecule has 58 heteroatoms. The van der Waals surface area contributed by atoms with Gasteiger partial charge < -0.3 is 31.9 Å². The van der Waals surface area contributed by atoms with Gasteiger partial charge in [0, 0.05) is 139 Å². The number of nitrogens with one attached hydrogen (secondary N) is 10. The van der Waals surface area contributed by atoms with E-state index in [1.54, 1.807) is 87.8 Å². The van der Waals surface area contributed by atoms with E-state index in [0.717, 1.165) is 14.9 Å². The van der Waals surface area contributed by atoms with Crippen molar-refractivity contribution in [1.82, 2.24) is 144 Å². The molecule has 754 valence electrons. The number of nitrogens with zero attached hydrogens (tertiary/aromatic N) is 18. The maximum absolute atomic E-state index is 13.0. The molecule has 10 amide bonds. The van der Waals surface area contributed by atoms with Crippen LogP contribution in [0, 0.1) is 5.92 Å². The number of amides is 10. The molecule has 10 N–H and O–H groups in total. The van der Waals surface area contributed by atoms with Crippen LogP contribution in [0.15, 0.2) is 91.9 Å². The summed E-state index contributed by atoms with van der Waals surface area (Å²) in [4.78, 5) is 243. The zero-order chi connectivity index (χ0) is 103. The number of hydrogen-bond donors (Lipinski definition) is 10. The second-order valence-corrected chi connectivity index (χ2v) is 39.4. The minimum absolute atomic E-state index is 0.0247. The summed E-state index contributed by atoms with van der Waals surface area (Å²) in [5.74, 6) is -6.91. The lowest BCUT2D eigenvalue weighted by molar-refractivity contribution is -0.123. The van der Waals surface area contributed by atoms with Crippen LogP contribution in [0.25, 0.3) is 0 Å². The highest BCUT2D eigenvalue weighted by atomic mass is 32.2. The maximum Gasteiger partial charge on any atom is 0.292 e. The lowest BCUT2D eigenvalue weighted by Gasteiger charge is -2.19. The highest BCUT2D eigenvalue weighted by Gasteiger charge is 2.33. The average molecular weight is 2130 g/mol. The first kappa shape index (κ1) is 116. The molecule has 0 unspecified atom stereocenters. The van der Waals surface area contributed by atoms with Crippen LogP contribution >= 0.6 is 118 Å². The quantitative estimate of drug-likeness (QED) is 0.0294. The minimum Gasteiger partial charge on any atom is -0.356 e. The van der Waals surface area contributed by atoms with Crippen LogP contribution in [0.5, 0.6) is 0 Å². The lowest BCUT2D eigenvalue weighted by Crippen LogP contribution is -2.53. The Morgan fingerprint density at radius 1 is 0.319 bits per heavy atom. The predicted molar refractivity (Wildman–Crippen MR) is 536 cm³/mol. The normalized spacial score (nSPS) is 16.5. The first-order valence-corrected chi connectivity index (χ1v) is 53.9. The first-order valence-electron chi connectivity index (χ1n) is 43.2. The monoisotopic (exact) mass is 2130 g/mol. The third-order valence-electron chi connectivity index (χ3n) is 18.7. The van der Waals surface area contributed by atoms with Crippen LogP contribution in [0.2, 0.25) is 0 Å². The van der Waals surface area contributed by atoms with E-state index < -0.39 is 47.1 Å². The number of fused-ring (bicyclic) bond motifs is 3. The second-order valence-electron chi connectivity index (χ2n) is 28.5. The fourth-order valence-electron chi connectivity index (χ4n) is 11.6. The standard InChI is InChI=1S/C21H24N10O6S2.C19H20N6O4S2.C17H20N6O4S2.C14H21N3O3S2.C12H17N3O3S2/c1-3-12(32)16-18(13(33)4-2)30(28-24-16)7-8-31-19-17(25-29-31)20(36)26-22-14(34)5-9-38-11-39-10-6-15(35)23-27-21(19)37;1-3-12(26)16-18(13(27)4-2)24(22-20-16)7-8-25-19-15(29)6-10-31-11-30-9-5-14(28)17(19)21-23-25;1-3-10(24)14-16(11(25)4-2)22(20-18-14)5-6-23-17-13(27)8-29-9-28-7-12(26)15(17)19-21-23;1-2-12(18)15-7-11-8-16-13(19)3-5-21-10-22-6-4-14(20)17-9-11;1-2-10(16)13-7-9-14-11(17)3-5-19-8-20-6-4-12(18)15-9/h5-6,9-10H,3-4,7-8,11H2,1-2H3,(H,22,34)(H,23,35)(H,26,36)(H,27,37);5-6,9-10H,3-4,7-8,11H2,1-2H3;3-9H2,1-2H3;3-6,11H,2,7-10H2,1H3,(H,15,18)(H,16,19)(H,17,20);3-6,9H,2,7-8H2,1H3,(H,13,16)(H,14,17)(H,15,18). The number of rotatable bonds is 27. The van der Waals surface area contributed by atoms with Crippen molar-refractivity contribution in [2.75, 3.05) is 63.1 Å². The van der Waals surface area contributed by atoms with Crippen molar-refractivity contribution >= 4 is 235 Å². The van der Waals surface area contributed by atoms with Gasteiger partial charge in [0.2, 0.25) is 47.0 Å². The maximum atomic E-state index is 13.0. The third kappa shape index (κ3) is 37.9.